The van der Waals surface area contributed by atoms with Gasteiger partial charge in [0, 0.05) is 12.6 Å². The number of ether oxygens (including phenoxy) is 1. The summed E-state index contributed by atoms with van der Waals surface area (Å²) in [7, 11) is 3.07. The lowest BCUT2D eigenvalue weighted by atomic mass is 10.1. The molecule has 2 aromatic rings. The summed E-state index contributed by atoms with van der Waals surface area (Å²) in [6, 6.07) is 4.93. The van der Waals surface area contributed by atoms with Crippen molar-refractivity contribution in [1.82, 2.24) is 15.0 Å². The van der Waals surface area contributed by atoms with Crippen LogP contribution in [0.25, 0.3) is 11.3 Å². The second-order valence-corrected chi connectivity index (χ2v) is 3.94. The summed E-state index contributed by atoms with van der Waals surface area (Å²) in [5.41, 5.74) is 0.602. The Morgan fingerprint density at radius 1 is 1.44 bits per heavy atom. The number of carboxylic acids is 1. The van der Waals surface area contributed by atoms with Gasteiger partial charge < -0.3 is 9.84 Å². The van der Waals surface area contributed by atoms with Crippen molar-refractivity contribution in [2.75, 3.05) is 7.11 Å². The van der Waals surface area contributed by atoms with Gasteiger partial charge in [0.25, 0.3) is 0 Å². The monoisotopic (exact) mass is 267 g/mol. The average Bonchev–Trinajstić information content (AvgIpc) is 2.71. The van der Waals surface area contributed by atoms with E-state index in [0.29, 0.717) is 16.3 Å². The fraction of sp³-hybridized carbons (Fsp3) is 0.182. The highest BCUT2D eigenvalue weighted by atomic mass is 35.5. The number of carboxylic acid groups (broad SMARTS) is 1. The van der Waals surface area contributed by atoms with Crippen LogP contribution in [0.2, 0.25) is 5.02 Å². The van der Waals surface area contributed by atoms with Crippen molar-refractivity contribution in [2.45, 2.75) is 0 Å². The van der Waals surface area contributed by atoms with Gasteiger partial charge in [0.2, 0.25) is 0 Å². The first-order valence-electron chi connectivity index (χ1n) is 5.01. The minimum Gasteiger partial charge on any atom is -0.497 e. The molecule has 0 unspecified atom stereocenters. The lowest BCUT2D eigenvalue weighted by Gasteiger charge is -2.04. The molecule has 2 rings (SSSR count). The van der Waals surface area contributed by atoms with Gasteiger partial charge >= 0.3 is 5.97 Å². The summed E-state index contributed by atoms with van der Waals surface area (Å²) in [5, 5.41) is 17.2. The Balaban J connectivity index is 2.58. The van der Waals surface area contributed by atoms with Gasteiger partial charge in [-0.1, -0.05) is 11.6 Å². The van der Waals surface area contributed by atoms with Crippen molar-refractivity contribution in [3.63, 3.8) is 0 Å². The molecule has 0 aliphatic heterocycles. The Bertz CT molecular complexity index is 610. The van der Waals surface area contributed by atoms with E-state index in [4.69, 9.17) is 21.4 Å². The number of aromatic carboxylic acids is 1. The molecule has 0 fully saturated rings. The van der Waals surface area contributed by atoms with Gasteiger partial charge in [-0.2, -0.15) is 9.90 Å². The average molecular weight is 268 g/mol. The molecule has 1 aromatic carbocycles. The third-order valence-electron chi connectivity index (χ3n) is 2.35. The Kier molecular flexibility index (Phi) is 3.20. The van der Waals surface area contributed by atoms with Gasteiger partial charge in [-0.05, 0) is 18.2 Å². The molecule has 0 aliphatic rings. The third-order valence-corrected chi connectivity index (χ3v) is 2.66. The number of rotatable bonds is 3. The van der Waals surface area contributed by atoms with E-state index in [9.17, 15) is 4.79 Å². The predicted octanol–water partition coefficient (Wildman–Crippen LogP) is 1.84. The second kappa shape index (κ2) is 4.66. The number of hydrogen-bond donors (Lipinski definition) is 1. The van der Waals surface area contributed by atoms with Crippen LogP contribution >= 0.6 is 11.6 Å². The van der Waals surface area contributed by atoms with Crippen LogP contribution < -0.4 is 4.74 Å². The van der Waals surface area contributed by atoms with E-state index in [-0.39, 0.29) is 11.4 Å². The molecule has 94 valence electrons. The van der Waals surface area contributed by atoms with Crippen LogP contribution in [0.4, 0.5) is 0 Å². The number of aryl methyl sites for hydroxylation is 1. The largest absolute Gasteiger partial charge is 0.497 e. The smallest absolute Gasteiger partial charge is 0.358 e. The number of carbonyl (C=O) groups is 1. The zero-order valence-electron chi connectivity index (χ0n) is 9.72. The maximum absolute atomic E-state index is 11.1. The number of benzene rings is 1. The quantitative estimate of drug-likeness (QED) is 0.918. The van der Waals surface area contributed by atoms with Crippen LogP contribution in [-0.4, -0.2) is 33.2 Å². The van der Waals surface area contributed by atoms with Crippen molar-refractivity contribution < 1.29 is 14.6 Å². The zero-order chi connectivity index (χ0) is 13.3. The third kappa shape index (κ3) is 2.14. The van der Waals surface area contributed by atoms with Crippen LogP contribution in [0.1, 0.15) is 10.5 Å². The van der Waals surface area contributed by atoms with Gasteiger partial charge in [0.15, 0.2) is 5.69 Å². The number of halogens is 1. The van der Waals surface area contributed by atoms with E-state index in [0.717, 1.165) is 0 Å². The Morgan fingerprint density at radius 2 is 2.17 bits per heavy atom. The SMILES string of the molecule is COc1ccc(-c2nn(C)nc2C(=O)O)c(Cl)c1. The van der Waals surface area contributed by atoms with Gasteiger partial charge in [-0.25, -0.2) is 4.79 Å². The zero-order valence-corrected chi connectivity index (χ0v) is 10.5. The maximum Gasteiger partial charge on any atom is 0.358 e. The summed E-state index contributed by atoms with van der Waals surface area (Å²) in [5.74, 6) is -0.561. The first-order valence-corrected chi connectivity index (χ1v) is 5.39. The summed E-state index contributed by atoms with van der Waals surface area (Å²) < 4.78 is 5.03. The molecule has 0 spiro atoms. The maximum atomic E-state index is 11.1. The van der Waals surface area contributed by atoms with Crippen LogP contribution in [0.5, 0.6) is 5.75 Å². The van der Waals surface area contributed by atoms with Gasteiger partial charge in [-0.3, -0.25) is 0 Å². The molecule has 0 bridgehead atoms. The standard InChI is InChI=1S/C11H10ClN3O3/c1-15-13-9(10(14-15)11(16)17)7-4-3-6(18-2)5-8(7)12/h3-5H,1-2H3,(H,16,17). The van der Waals surface area contributed by atoms with E-state index in [1.54, 1.807) is 25.2 Å². The van der Waals surface area contributed by atoms with Crippen molar-refractivity contribution in [1.29, 1.82) is 0 Å². The van der Waals surface area contributed by atoms with Crippen LogP contribution in [-0.2, 0) is 7.05 Å². The molecular weight excluding hydrogens is 258 g/mol. The lowest BCUT2D eigenvalue weighted by Crippen LogP contribution is -2.00. The molecular formula is C11H10ClN3O3. The van der Waals surface area contributed by atoms with Crippen molar-refractivity contribution >= 4 is 17.6 Å². The number of hydrogen-bond acceptors (Lipinski definition) is 4. The van der Waals surface area contributed by atoms with Crippen molar-refractivity contribution in [3.8, 4) is 17.0 Å². The van der Waals surface area contributed by atoms with Crippen LogP contribution in [0.3, 0.4) is 0 Å². The molecule has 0 aliphatic carbocycles. The molecule has 1 heterocycles. The molecule has 1 N–H and O–H groups in total. The van der Waals surface area contributed by atoms with Crippen LogP contribution in [0.15, 0.2) is 18.2 Å². The Hall–Kier alpha value is -2.08. The summed E-state index contributed by atoms with van der Waals surface area (Å²) >= 11 is 6.08. The minimum atomic E-state index is -1.15. The summed E-state index contributed by atoms with van der Waals surface area (Å²) in [4.78, 5) is 12.3. The molecule has 6 nitrogen and oxygen atoms in total. The van der Waals surface area contributed by atoms with Gasteiger partial charge in [0.1, 0.15) is 11.4 Å². The molecule has 0 atom stereocenters. The fourth-order valence-corrected chi connectivity index (χ4v) is 1.81. The highest BCUT2D eigenvalue weighted by Gasteiger charge is 2.20. The van der Waals surface area contributed by atoms with E-state index < -0.39 is 5.97 Å². The molecule has 18 heavy (non-hydrogen) atoms. The minimum absolute atomic E-state index is 0.135. The fourth-order valence-electron chi connectivity index (χ4n) is 1.55. The first-order chi connectivity index (χ1) is 8.52. The highest BCUT2D eigenvalue weighted by Crippen LogP contribution is 2.31. The second-order valence-electron chi connectivity index (χ2n) is 3.54. The number of aromatic nitrogens is 3. The highest BCUT2D eigenvalue weighted by molar-refractivity contribution is 6.33. The number of methoxy groups -OCH3 is 1. The van der Waals surface area contributed by atoms with E-state index in [1.165, 1.54) is 11.9 Å². The lowest BCUT2D eigenvalue weighted by molar-refractivity contribution is 0.0690. The summed E-state index contributed by atoms with van der Waals surface area (Å²) in [6.07, 6.45) is 0. The normalized spacial score (nSPS) is 10.4. The van der Waals surface area contributed by atoms with E-state index in [2.05, 4.69) is 10.2 Å². The van der Waals surface area contributed by atoms with Crippen LogP contribution in [0, 0.1) is 0 Å². The summed E-state index contributed by atoms with van der Waals surface area (Å²) in [6.45, 7) is 0. The van der Waals surface area contributed by atoms with Gasteiger partial charge in [0.05, 0.1) is 12.1 Å². The van der Waals surface area contributed by atoms with Crippen molar-refractivity contribution in [3.05, 3.63) is 28.9 Å². The molecule has 7 heteroatoms. The molecule has 1 aromatic heterocycles. The first kappa shape index (κ1) is 12.4. The Labute approximate surface area is 108 Å². The number of nitrogens with zero attached hydrogens (tertiary/aromatic N) is 3. The molecule has 0 amide bonds. The van der Waals surface area contributed by atoms with E-state index in [1.807, 2.05) is 0 Å². The van der Waals surface area contributed by atoms with Crippen molar-refractivity contribution in [2.24, 2.45) is 7.05 Å². The van der Waals surface area contributed by atoms with E-state index >= 15 is 0 Å². The molecule has 0 radical (unpaired) electrons. The Morgan fingerprint density at radius 3 is 2.72 bits per heavy atom. The molecule has 0 saturated carbocycles. The topological polar surface area (TPSA) is 77.2 Å². The predicted molar refractivity (Wildman–Crippen MR) is 65.0 cm³/mol. The van der Waals surface area contributed by atoms with Gasteiger partial charge in [-0.15, -0.1) is 5.10 Å². The molecule has 0 saturated heterocycles.